The minimum atomic E-state index is -0.881. The van der Waals surface area contributed by atoms with Crippen LogP contribution in [0.1, 0.15) is 20.3 Å². The molecule has 1 N–H and O–H groups in total. The van der Waals surface area contributed by atoms with Gasteiger partial charge in [-0.3, -0.25) is 4.79 Å². The molecule has 0 aliphatic rings. The highest BCUT2D eigenvalue weighted by molar-refractivity contribution is 9.10. The average Bonchev–Trinajstić information content (AvgIpc) is 1.84. The Morgan fingerprint density at radius 3 is 2.67 bits per heavy atom. The highest BCUT2D eigenvalue weighted by atomic mass is 79.9. The zero-order chi connectivity index (χ0) is 9.78. The van der Waals surface area contributed by atoms with E-state index in [-0.39, 0.29) is 0 Å². The lowest BCUT2D eigenvalue weighted by Crippen LogP contribution is -2.28. The maximum Gasteiger partial charge on any atom is 0.324 e. The molecule has 0 aromatic carbocycles. The molecule has 3 nitrogen and oxygen atoms in total. The molecule has 0 aromatic heterocycles. The van der Waals surface area contributed by atoms with Gasteiger partial charge in [-0.25, -0.2) is 0 Å². The van der Waals surface area contributed by atoms with Crippen LogP contribution in [0.15, 0.2) is 12.8 Å². The summed E-state index contributed by atoms with van der Waals surface area (Å²) in [5, 5.41) is 9.34. The van der Waals surface area contributed by atoms with Gasteiger partial charge >= 0.3 is 5.97 Å². The lowest BCUT2D eigenvalue weighted by atomic mass is 10.0. The van der Waals surface area contributed by atoms with Crippen LogP contribution in [-0.4, -0.2) is 21.5 Å². The lowest BCUT2D eigenvalue weighted by molar-refractivity contribution is -0.138. The van der Waals surface area contributed by atoms with E-state index >= 15 is 0 Å². The van der Waals surface area contributed by atoms with Crippen LogP contribution in [0.3, 0.4) is 0 Å². The summed E-state index contributed by atoms with van der Waals surface area (Å²) in [4.78, 5) is 10.5. The second-order valence-corrected chi connectivity index (χ2v) is 4.19. The minimum Gasteiger partial charge on any atom is -0.434 e. The second-order valence-electron chi connectivity index (χ2n) is 3.09. The third-order valence-corrected chi connectivity index (χ3v) is 1.83. The van der Waals surface area contributed by atoms with Crippen LogP contribution in [-0.2, 0) is 9.53 Å². The number of hydrogen-bond donors (Lipinski definition) is 1. The van der Waals surface area contributed by atoms with Gasteiger partial charge in [0.05, 0.1) is 11.9 Å². The number of carbonyl (C=O) groups is 1. The number of rotatable bonds is 4. The quantitative estimate of drug-likeness (QED) is 0.459. The lowest BCUT2D eigenvalue weighted by Gasteiger charge is -2.19. The van der Waals surface area contributed by atoms with E-state index in [4.69, 9.17) is 0 Å². The van der Waals surface area contributed by atoms with Gasteiger partial charge in [0.2, 0.25) is 0 Å². The van der Waals surface area contributed by atoms with E-state index in [0.29, 0.717) is 6.42 Å². The van der Waals surface area contributed by atoms with Gasteiger partial charge in [-0.1, -0.05) is 22.5 Å². The standard InChI is InChI=1S/C8H13BrO3/c1-4-12-7(10)6(9)5-8(2,3)11/h4,6,11H,1,5H2,2-3H3. The van der Waals surface area contributed by atoms with E-state index in [0.717, 1.165) is 6.26 Å². The van der Waals surface area contributed by atoms with Crippen molar-refractivity contribution in [3.8, 4) is 0 Å². The van der Waals surface area contributed by atoms with Crippen molar-refractivity contribution in [3.63, 3.8) is 0 Å². The fourth-order valence-corrected chi connectivity index (χ4v) is 1.58. The van der Waals surface area contributed by atoms with Gasteiger partial charge < -0.3 is 9.84 Å². The molecule has 12 heavy (non-hydrogen) atoms. The largest absolute Gasteiger partial charge is 0.434 e. The molecule has 4 heteroatoms. The molecule has 0 heterocycles. The molecule has 0 amide bonds. The van der Waals surface area contributed by atoms with E-state index in [2.05, 4.69) is 27.2 Å². The maximum atomic E-state index is 11.0. The summed E-state index contributed by atoms with van der Waals surface area (Å²) in [7, 11) is 0. The van der Waals surface area contributed by atoms with E-state index in [1.165, 1.54) is 0 Å². The van der Waals surface area contributed by atoms with Crippen molar-refractivity contribution >= 4 is 21.9 Å². The SMILES string of the molecule is C=COC(=O)C(Br)CC(C)(C)O. The van der Waals surface area contributed by atoms with Crippen molar-refractivity contribution < 1.29 is 14.6 Å². The number of alkyl halides is 1. The second kappa shape index (κ2) is 4.62. The Morgan fingerprint density at radius 2 is 2.33 bits per heavy atom. The Hall–Kier alpha value is -0.350. The fraction of sp³-hybridized carbons (Fsp3) is 0.625. The molecular weight excluding hydrogens is 224 g/mol. The summed E-state index contributed by atoms with van der Waals surface area (Å²) in [6.45, 7) is 6.51. The summed E-state index contributed by atoms with van der Waals surface area (Å²) in [6.07, 6.45) is 1.38. The first-order chi connectivity index (χ1) is 5.37. The Labute approximate surface area is 80.5 Å². The number of esters is 1. The fourth-order valence-electron chi connectivity index (χ4n) is 0.678. The highest BCUT2D eigenvalue weighted by Gasteiger charge is 2.24. The van der Waals surface area contributed by atoms with E-state index < -0.39 is 16.4 Å². The summed E-state index contributed by atoms with van der Waals surface area (Å²) in [6, 6.07) is 0. The molecular formula is C8H13BrO3. The number of hydrogen-bond acceptors (Lipinski definition) is 3. The molecule has 0 aliphatic carbocycles. The molecule has 0 aromatic rings. The monoisotopic (exact) mass is 236 g/mol. The van der Waals surface area contributed by atoms with Crippen LogP contribution in [0.5, 0.6) is 0 Å². The molecule has 0 spiro atoms. The Morgan fingerprint density at radius 1 is 1.83 bits per heavy atom. The smallest absolute Gasteiger partial charge is 0.324 e. The summed E-state index contributed by atoms with van der Waals surface area (Å²) >= 11 is 3.10. The molecule has 1 atom stereocenters. The summed E-state index contributed by atoms with van der Waals surface area (Å²) in [5.74, 6) is -0.438. The van der Waals surface area contributed by atoms with Crippen molar-refractivity contribution in [2.24, 2.45) is 0 Å². The van der Waals surface area contributed by atoms with Crippen molar-refractivity contribution in [2.75, 3.05) is 0 Å². The van der Waals surface area contributed by atoms with Gasteiger partial charge in [-0.2, -0.15) is 0 Å². The minimum absolute atomic E-state index is 0.305. The molecule has 0 saturated carbocycles. The summed E-state index contributed by atoms with van der Waals surface area (Å²) < 4.78 is 4.52. The first-order valence-corrected chi connectivity index (χ1v) is 4.46. The topological polar surface area (TPSA) is 46.5 Å². The zero-order valence-electron chi connectivity index (χ0n) is 7.21. The molecule has 0 bridgehead atoms. The molecule has 1 unspecified atom stereocenters. The number of carbonyl (C=O) groups excluding carboxylic acids is 1. The Bertz CT molecular complexity index is 172. The van der Waals surface area contributed by atoms with Gasteiger partial charge in [0.25, 0.3) is 0 Å². The van der Waals surface area contributed by atoms with E-state index in [1.807, 2.05) is 0 Å². The van der Waals surface area contributed by atoms with Crippen LogP contribution in [0.2, 0.25) is 0 Å². The van der Waals surface area contributed by atoms with Crippen molar-refractivity contribution in [1.82, 2.24) is 0 Å². The first-order valence-electron chi connectivity index (χ1n) is 3.54. The van der Waals surface area contributed by atoms with E-state index in [9.17, 15) is 9.90 Å². The predicted octanol–water partition coefficient (Wildman–Crippen LogP) is 1.60. The first kappa shape index (κ1) is 11.6. The van der Waals surface area contributed by atoms with Gasteiger partial charge in [0, 0.05) is 0 Å². The number of ether oxygens (including phenoxy) is 1. The van der Waals surface area contributed by atoms with Crippen LogP contribution in [0, 0.1) is 0 Å². The third-order valence-electron chi connectivity index (χ3n) is 1.13. The van der Waals surface area contributed by atoms with Crippen LogP contribution in [0.25, 0.3) is 0 Å². The Balaban J connectivity index is 3.95. The molecule has 0 aliphatic heterocycles. The molecule has 0 radical (unpaired) electrons. The maximum absolute atomic E-state index is 11.0. The van der Waals surface area contributed by atoms with Crippen molar-refractivity contribution in [3.05, 3.63) is 12.8 Å². The average molecular weight is 237 g/mol. The van der Waals surface area contributed by atoms with E-state index in [1.54, 1.807) is 13.8 Å². The van der Waals surface area contributed by atoms with Crippen molar-refractivity contribution in [1.29, 1.82) is 0 Å². The van der Waals surface area contributed by atoms with Crippen molar-refractivity contribution in [2.45, 2.75) is 30.7 Å². The molecule has 70 valence electrons. The molecule has 0 saturated heterocycles. The zero-order valence-corrected chi connectivity index (χ0v) is 8.80. The number of aliphatic hydroxyl groups is 1. The van der Waals surface area contributed by atoms with Crippen LogP contribution >= 0.6 is 15.9 Å². The van der Waals surface area contributed by atoms with Gasteiger partial charge in [-0.15, -0.1) is 0 Å². The highest BCUT2D eigenvalue weighted by Crippen LogP contribution is 2.17. The van der Waals surface area contributed by atoms with Gasteiger partial charge in [0.1, 0.15) is 4.83 Å². The predicted molar refractivity (Wildman–Crippen MR) is 49.9 cm³/mol. The third kappa shape index (κ3) is 5.32. The van der Waals surface area contributed by atoms with Crippen LogP contribution in [0.4, 0.5) is 0 Å². The van der Waals surface area contributed by atoms with Gasteiger partial charge in [-0.05, 0) is 20.3 Å². The molecule has 0 fully saturated rings. The van der Waals surface area contributed by atoms with Crippen LogP contribution < -0.4 is 0 Å². The molecule has 0 rings (SSSR count). The summed E-state index contributed by atoms with van der Waals surface area (Å²) in [5.41, 5.74) is -0.881. The van der Waals surface area contributed by atoms with Gasteiger partial charge in [0.15, 0.2) is 0 Å². The number of halogens is 1. The normalized spacial score (nSPS) is 13.7. The Kier molecular flexibility index (Phi) is 4.49.